The Morgan fingerprint density at radius 1 is 1.10 bits per heavy atom. The van der Waals surface area contributed by atoms with E-state index in [2.05, 4.69) is 21.8 Å². The van der Waals surface area contributed by atoms with Gasteiger partial charge in [-0.25, -0.2) is 4.98 Å². The number of pyridine rings is 1. The number of aromatic nitrogens is 5. The van der Waals surface area contributed by atoms with Crippen LogP contribution < -0.4 is 5.56 Å². The van der Waals surface area contributed by atoms with Crippen molar-refractivity contribution in [1.29, 1.82) is 0 Å². The van der Waals surface area contributed by atoms with Crippen LogP contribution in [0.15, 0.2) is 77.2 Å². The van der Waals surface area contributed by atoms with Crippen LogP contribution >= 0.6 is 23.4 Å². The number of benzene rings is 2. The fourth-order valence-corrected chi connectivity index (χ4v) is 4.70. The predicted octanol–water partition coefficient (Wildman–Crippen LogP) is 4.72. The number of allylic oxidation sites excluding steroid dienone is 1. The summed E-state index contributed by atoms with van der Waals surface area (Å²) in [6.07, 6.45) is 1.68. The third kappa shape index (κ3) is 3.07. The Morgan fingerprint density at radius 2 is 1.90 bits per heavy atom. The van der Waals surface area contributed by atoms with Gasteiger partial charge < -0.3 is 0 Å². The Kier molecular flexibility index (Phi) is 4.77. The molecule has 8 heteroatoms. The van der Waals surface area contributed by atoms with Crippen LogP contribution in [0.1, 0.15) is 5.56 Å². The monoisotopic (exact) mass is 433 g/mol. The largest absolute Gasteiger partial charge is 0.272 e. The second kappa shape index (κ2) is 7.59. The lowest BCUT2D eigenvalue weighted by atomic mass is 10.2. The van der Waals surface area contributed by atoms with E-state index < -0.39 is 0 Å². The fraction of sp³-hybridized carbons (Fsp3) is 0.0909. The summed E-state index contributed by atoms with van der Waals surface area (Å²) in [5.74, 6) is 1.07. The molecule has 6 nitrogen and oxygen atoms in total. The minimum Gasteiger partial charge on any atom is -0.272 e. The van der Waals surface area contributed by atoms with Crippen molar-refractivity contribution < 1.29 is 0 Å². The standard InChI is InChI=1S/C22H16ClN5OS/c1-2-11-27-20(29)16-8-4-6-10-18(16)28-21(27)25-26-22(28)30-13-15-12-14-7-3-5-9-17(14)24-19(15)23/h2-10,12H,1,11,13H2. The molecule has 5 rings (SSSR count). The number of hydrogen-bond acceptors (Lipinski definition) is 5. The topological polar surface area (TPSA) is 65.1 Å². The molecule has 0 aliphatic carbocycles. The van der Waals surface area contributed by atoms with E-state index in [9.17, 15) is 4.79 Å². The highest BCUT2D eigenvalue weighted by molar-refractivity contribution is 7.98. The molecule has 0 aliphatic rings. The van der Waals surface area contributed by atoms with Crippen LogP contribution in [0.3, 0.4) is 0 Å². The molecular formula is C22H16ClN5OS. The van der Waals surface area contributed by atoms with E-state index in [-0.39, 0.29) is 5.56 Å². The zero-order valence-electron chi connectivity index (χ0n) is 15.8. The van der Waals surface area contributed by atoms with Gasteiger partial charge in [0.25, 0.3) is 5.56 Å². The van der Waals surface area contributed by atoms with Crippen LogP contribution in [0.5, 0.6) is 0 Å². The summed E-state index contributed by atoms with van der Waals surface area (Å²) in [6, 6.07) is 17.4. The Morgan fingerprint density at radius 3 is 2.77 bits per heavy atom. The van der Waals surface area contributed by atoms with E-state index in [0.717, 1.165) is 22.0 Å². The number of rotatable bonds is 5. The summed E-state index contributed by atoms with van der Waals surface area (Å²) in [4.78, 5) is 17.4. The smallest absolute Gasteiger partial charge is 0.263 e. The highest BCUT2D eigenvalue weighted by Gasteiger charge is 2.17. The van der Waals surface area contributed by atoms with E-state index in [1.54, 1.807) is 10.6 Å². The van der Waals surface area contributed by atoms with E-state index in [0.29, 0.717) is 33.8 Å². The van der Waals surface area contributed by atoms with Crippen LogP contribution in [0, 0.1) is 0 Å². The number of nitrogens with zero attached hydrogens (tertiary/aromatic N) is 5. The van der Waals surface area contributed by atoms with E-state index in [1.165, 1.54) is 11.8 Å². The molecule has 0 radical (unpaired) electrons. The lowest BCUT2D eigenvalue weighted by molar-refractivity contribution is 0.783. The molecule has 0 atom stereocenters. The molecule has 0 unspecified atom stereocenters. The molecule has 0 fully saturated rings. The van der Waals surface area contributed by atoms with Gasteiger partial charge in [0, 0.05) is 23.2 Å². The number of halogens is 1. The molecule has 148 valence electrons. The summed E-state index contributed by atoms with van der Waals surface area (Å²) in [6.45, 7) is 4.11. The second-order valence-corrected chi connectivity index (χ2v) is 8.06. The van der Waals surface area contributed by atoms with Crippen LogP contribution in [0.25, 0.3) is 27.6 Å². The maximum Gasteiger partial charge on any atom is 0.263 e. The first-order chi connectivity index (χ1) is 14.7. The van der Waals surface area contributed by atoms with Crippen LogP contribution in [-0.2, 0) is 12.3 Å². The van der Waals surface area contributed by atoms with Gasteiger partial charge >= 0.3 is 0 Å². The maximum absolute atomic E-state index is 12.9. The van der Waals surface area contributed by atoms with Gasteiger partial charge in [0.1, 0.15) is 5.15 Å². The van der Waals surface area contributed by atoms with Gasteiger partial charge in [0.05, 0.1) is 16.4 Å². The summed E-state index contributed by atoms with van der Waals surface area (Å²) >= 11 is 7.92. The van der Waals surface area contributed by atoms with Crippen molar-refractivity contribution in [3.05, 3.63) is 88.3 Å². The minimum atomic E-state index is -0.108. The van der Waals surface area contributed by atoms with Gasteiger partial charge in [0.15, 0.2) is 5.16 Å². The summed E-state index contributed by atoms with van der Waals surface area (Å²) in [5, 5.41) is 11.5. The fourth-order valence-electron chi connectivity index (χ4n) is 3.50. The van der Waals surface area contributed by atoms with Gasteiger partial charge in [-0.2, -0.15) is 0 Å². The normalized spacial score (nSPS) is 11.5. The molecule has 0 saturated heterocycles. The van der Waals surface area contributed by atoms with Gasteiger partial charge in [-0.05, 0) is 24.3 Å². The first kappa shape index (κ1) is 18.8. The summed E-state index contributed by atoms with van der Waals surface area (Å²) in [5.41, 5.74) is 2.45. The van der Waals surface area contributed by atoms with Crippen LogP contribution in [-0.4, -0.2) is 24.1 Å². The lowest BCUT2D eigenvalue weighted by Gasteiger charge is -2.10. The molecule has 0 spiro atoms. The van der Waals surface area contributed by atoms with Crippen molar-refractivity contribution in [2.24, 2.45) is 0 Å². The van der Waals surface area contributed by atoms with Crippen LogP contribution in [0.2, 0.25) is 5.15 Å². The quantitative estimate of drug-likeness (QED) is 0.228. The van der Waals surface area contributed by atoms with Gasteiger partial charge in [-0.1, -0.05) is 59.8 Å². The molecule has 3 aromatic heterocycles. The van der Waals surface area contributed by atoms with Crippen molar-refractivity contribution in [2.45, 2.75) is 17.5 Å². The van der Waals surface area contributed by atoms with Gasteiger partial charge in [-0.3, -0.25) is 13.8 Å². The van der Waals surface area contributed by atoms with Crippen LogP contribution in [0.4, 0.5) is 0 Å². The maximum atomic E-state index is 12.9. The average molecular weight is 434 g/mol. The van der Waals surface area contributed by atoms with E-state index in [1.807, 2.05) is 59.0 Å². The highest BCUT2D eigenvalue weighted by Crippen LogP contribution is 2.29. The molecular weight excluding hydrogens is 418 g/mol. The lowest BCUT2D eigenvalue weighted by Crippen LogP contribution is -2.22. The number of para-hydroxylation sites is 2. The molecule has 0 bridgehead atoms. The highest BCUT2D eigenvalue weighted by atomic mass is 35.5. The Bertz CT molecular complexity index is 1490. The molecule has 0 amide bonds. The van der Waals surface area contributed by atoms with E-state index >= 15 is 0 Å². The molecule has 5 aromatic rings. The summed E-state index contributed by atoms with van der Waals surface area (Å²) in [7, 11) is 0. The minimum absolute atomic E-state index is 0.108. The van der Waals surface area contributed by atoms with Gasteiger partial charge in [-0.15, -0.1) is 16.8 Å². The zero-order valence-corrected chi connectivity index (χ0v) is 17.4. The molecule has 30 heavy (non-hydrogen) atoms. The van der Waals surface area contributed by atoms with E-state index in [4.69, 9.17) is 11.6 Å². The SMILES string of the molecule is C=CCn1c(=O)c2ccccc2n2c(SCc3cc4ccccc4nc3Cl)nnc12. The third-order valence-electron chi connectivity index (χ3n) is 4.90. The molecule has 0 saturated carbocycles. The molecule has 0 aliphatic heterocycles. The molecule has 2 aromatic carbocycles. The number of hydrogen-bond donors (Lipinski definition) is 0. The third-order valence-corrected chi connectivity index (χ3v) is 6.20. The first-order valence-electron chi connectivity index (χ1n) is 9.32. The Labute approximate surface area is 180 Å². The number of thioether (sulfide) groups is 1. The first-order valence-corrected chi connectivity index (χ1v) is 10.7. The zero-order chi connectivity index (χ0) is 20.7. The van der Waals surface area contributed by atoms with Crippen molar-refractivity contribution in [2.75, 3.05) is 0 Å². The van der Waals surface area contributed by atoms with Crippen molar-refractivity contribution >= 4 is 50.9 Å². The summed E-state index contributed by atoms with van der Waals surface area (Å²) < 4.78 is 3.49. The predicted molar refractivity (Wildman–Crippen MR) is 121 cm³/mol. The Hall–Kier alpha value is -3.16. The second-order valence-electron chi connectivity index (χ2n) is 6.76. The number of fused-ring (bicyclic) bond motifs is 4. The Balaban J connectivity index is 1.61. The molecule has 3 heterocycles. The van der Waals surface area contributed by atoms with Crippen molar-refractivity contribution in [1.82, 2.24) is 24.1 Å². The van der Waals surface area contributed by atoms with Gasteiger partial charge in [0.2, 0.25) is 5.78 Å². The van der Waals surface area contributed by atoms with Crippen molar-refractivity contribution in [3.63, 3.8) is 0 Å². The molecule has 0 N–H and O–H groups in total. The van der Waals surface area contributed by atoms with Crippen molar-refractivity contribution in [3.8, 4) is 0 Å². The average Bonchev–Trinajstić information content (AvgIpc) is 3.19.